The molecule has 2 amide bonds. The van der Waals surface area contributed by atoms with Crippen molar-refractivity contribution in [2.24, 2.45) is 33.0 Å². The fraction of sp³-hybridized carbons (Fsp3) is 0.943. The lowest BCUT2D eigenvalue weighted by Crippen LogP contribution is -2.63. The zero-order chi connectivity index (χ0) is 30.0. The molecule has 1 spiro atoms. The van der Waals surface area contributed by atoms with E-state index >= 15 is 0 Å². The van der Waals surface area contributed by atoms with E-state index in [1.807, 2.05) is 41.5 Å². The number of amides is 2. The molecule has 0 aromatic heterocycles. The SMILES string of the molecule is CC(C)(CCCC1CCN(C(=O)C(C)(C)C)CC1)CCC(C)(C)CCN1CCC2(CC1)CN(C(=O)C(C)(C)C)C2. The van der Waals surface area contributed by atoms with Crippen LogP contribution in [0.5, 0.6) is 0 Å². The summed E-state index contributed by atoms with van der Waals surface area (Å²) >= 11 is 0. The molecule has 0 bridgehead atoms. The lowest BCUT2D eigenvalue weighted by atomic mass is 9.71. The Morgan fingerprint density at radius 2 is 1.12 bits per heavy atom. The van der Waals surface area contributed by atoms with Crippen molar-refractivity contribution in [3.8, 4) is 0 Å². The molecule has 5 nitrogen and oxygen atoms in total. The second kappa shape index (κ2) is 12.6. The van der Waals surface area contributed by atoms with E-state index in [0.29, 0.717) is 28.1 Å². The molecule has 40 heavy (non-hydrogen) atoms. The summed E-state index contributed by atoms with van der Waals surface area (Å²) in [4.78, 5) is 32.0. The van der Waals surface area contributed by atoms with Gasteiger partial charge in [-0.25, -0.2) is 0 Å². The van der Waals surface area contributed by atoms with Crippen LogP contribution in [0.4, 0.5) is 0 Å². The van der Waals surface area contributed by atoms with E-state index in [1.165, 1.54) is 83.8 Å². The molecule has 0 unspecified atom stereocenters. The van der Waals surface area contributed by atoms with Crippen molar-refractivity contribution in [1.29, 1.82) is 0 Å². The molecule has 0 aromatic rings. The average molecular weight is 560 g/mol. The fourth-order valence-electron chi connectivity index (χ4n) is 7.10. The molecule has 3 heterocycles. The third-order valence-corrected chi connectivity index (χ3v) is 10.5. The van der Waals surface area contributed by atoms with Gasteiger partial charge < -0.3 is 14.7 Å². The molecular formula is C35H65N3O2. The van der Waals surface area contributed by atoms with Crippen LogP contribution >= 0.6 is 0 Å². The minimum Gasteiger partial charge on any atom is -0.342 e. The molecule has 3 aliphatic rings. The van der Waals surface area contributed by atoms with E-state index in [-0.39, 0.29) is 10.8 Å². The Bertz CT molecular complexity index is 839. The van der Waals surface area contributed by atoms with E-state index in [4.69, 9.17) is 0 Å². The summed E-state index contributed by atoms with van der Waals surface area (Å²) in [6.07, 6.45) is 12.7. The van der Waals surface area contributed by atoms with Crippen LogP contribution in [0.15, 0.2) is 0 Å². The highest BCUT2D eigenvalue weighted by Crippen LogP contribution is 2.43. The number of hydrogen-bond acceptors (Lipinski definition) is 3. The minimum atomic E-state index is -0.256. The van der Waals surface area contributed by atoms with Crippen molar-refractivity contribution in [3.63, 3.8) is 0 Å². The minimum absolute atomic E-state index is 0.255. The highest BCUT2D eigenvalue weighted by Gasteiger charge is 2.48. The van der Waals surface area contributed by atoms with Crippen molar-refractivity contribution < 1.29 is 9.59 Å². The molecule has 3 fully saturated rings. The Balaban J connectivity index is 1.29. The van der Waals surface area contributed by atoms with Crippen molar-refractivity contribution in [3.05, 3.63) is 0 Å². The van der Waals surface area contributed by atoms with Gasteiger partial charge in [0, 0.05) is 42.4 Å². The molecular weight excluding hydrogens is 494 g/mol. The van der Waals surface area contributed by atoms with Crippen LogP contribution in [0.3, 0.4) is 0 Å². The second-order valence-corrected chi connectivity index (χ2v) is 17.7. The molecule has 5 heteroatoms. The largest absolute Gasteiger partial charge is 0.342 e. The summed E-state index contributed by atoms with van der Waals surface area (Å²) in [5.74, 6) is 1.43. The maximum absolute atomic E-state index is 12.6. The first-order valence-electron chi connectivity index (χ1n) is 16.6. The molecule has 0 aromatic carbocycles. The number of likely N-dealkylation sites (tertiary alicyclic amines) is 3. The fourth-order valence-corrected chi connectivity index (χ4v) is 7.10. The molecule has 0 aliphatic carbocycles. The summed E-state index contributed by atoms with van der Waals surface area (Å²) in [5, 5.41) is 0. The third kappa shape index (κ3) is 9.46. The van der Waals surface area contributed by atoms with Gasteiger partial charge in [-0.15, -0.1) is 0 Å². The number of hydrogen-bond donors (Lipinski definition) is 0. The summed E-state index contributed by atoms with van der Waals surface area (Å²) in [7, 11) is 0. The Labute approximate surface area is 248 Å². The topological polar surface area (TPSA) is 43.9 Å². The van der Waals surface area contributed by atoms with Crippen molar-refractivity contribution in [2.75, 3.05) is 45.8 Å². The van der Waals surface area contributed by atoms with Crippen LogP contribution in [0, 0.1) is 33.0 Å². The lowest BCUT2D eigenvalue weighted by Gasteiger charge is -2.55. The predicted molar refractivity (Wildman–Crippen MR) is 168 cm³/mol. The molecule has 0 saturated carbocycles. The van der Waals surface area contributed by atoms with Crippen molar-refractivity contribution in [1.82, 2.24) is 14.7 Å². The Morgan fingerprint density at radius 1 is 0.650 bits per heavy atom. The quantitative estimate of drug-likeness (QED) is 0.276. The Kier molecular flexibility index (Phi) is 10.6. The highest BCUT2D eigenvalue weighted by atomic mass is 16.2. The maximum atomic E-state index is 12.6. The van der Waals surface area contributed by atoms with Crippen molar-refractivity contribution in [2.45, 2.75) is 133 Å². The van der Waals surface area contributed by atoms with Gasteiger partial charge in [-0.3, -0.25) is 9.59 Å². The van der Waals surface area contributed by atoms with Crippen LogP contribution in [0.1, 0.15) is 133 Å². The number of rotatable bonds is 10. The average Bonchev–Trinajstić information content (AvgIpc) is 2.84. The van der Waals surface area contributed by atoms with Crippen LogP contribution in [-0.4, -0.2) is 72.3 Å². The van der Waals surface area contributed by atoms with Crippen LogP contribution in [-0.2, 0) is 9.59 Å². The van der Waals surface area contributed by atoms with E-state index < -0.39 is 0 Å². The summed E-state index contributed by atoms with van der Waals surface area (Å²) in [6, 6.07) is 0. The Morgan fingerprint density at radius 3 is 1.62 bits per heavy atom. The maximum Gasteiger partial charge on any atom is 0.227 e. The number of nitrogens with zero attached hydrogens (tertiary/aromatic N) is 3. The normalized spacial score (nSPS) is 21.6. The third-order valence-electron chi connectivity index (χ3n) is 10.5. The molecule has 0 atom stereocenters. The van der Waals surface area contributed by atoms with E-state index in [9.17, 15) is 9.59 Å². The molecule has 232 valence electrons. The smallest absolute Gasteiger partial charge is 0.227 e. The molecule has 3 aliphatic heterocycles. The van der Waals surface area contributed by atoms with Gasteiger partial charge in [0.05, 0.1) is 0 Å². The van der Waals surface area contributed by atoms with Crippen LogP contribution in [0.2, 0.25) is 0 Å². The standard InChI is InChI=1S/C35H65N3O2/c1-31(2,3)29(39)37-21-13-28(14-22-37)12-11-15-33(7,8)16-17-34(9,10)18-23-36-24-19-35(20-25-36)26-38(27-35)30(40)32(4,5)6/h28H,11-27H2,1-10H3. The summed E-state index contributed by atoms with van der Waals surface area (Å²) in [5.41, 5.74) is 0.671. The molecule has 3 rings (SSSR count). The van der Waals surface area contributed by atoms with Crippen LogP contribution < -0.4 is 0 Å². The molecule has 0 N–H and O–H groups in total. The number of carbonyl (C=O) groups is 2. The van der Waals surface area contributed by atoms with Gasteiger partial charge >= 0.3 is 0 Å². The van der Waals surface area contributed by atoms with Gasteiger partial charge in [0.25, 0.3) is 0 Å². The van der Waals surface area contributed by atoms with Gasteiger partial charge in [-0.05, 0) is 87.7 Å². The first kappa shape index (κ1) is 33.4. The first-order valence-corrected chi connectivity index (χ1v) is 16.6. The molecule has 0 radical (unpaired) electrons. The van der Waals surface area contributed by atoms with Gasteiger partial charge in [0.15, 0.2) is 0 Å². The second-order valence-electron chi connectivity index (χ2n) is 17.7. The molecule has 3 saturated heterocycles. The van der Waals surface area contributed by atoms with E-state index in [0.717, 1.165) is 32.1 Å². The number of carbonyl (C=O) groups excluding carboxylic acids is 2. The van der Waals surface area contributed by atoms with Gasteiger partial charge in [0.2, 0.25) is 11.8 Å². The monoisotopic (exact) mass is 560 g/mol. The zero-order valence-corrected chi connectivity index (χ0v) is 28.3. The van der Waals surface area contributed by atoms with Gasteiger partial charge in [-0.2, -0.15) is 0 Å². The highest BCUT2D eigenvalue weighted by molar-refractivity contribution is 5.82. The predicted octanol–water partition coefficient (Wildman–Crippen LogP) is 7.63. The number of piperidine rings is 2. The van der Waals surface area contributed by atoms with E-state index in [1.54, 1.807) is 0 Å². The Hall–Kier alpha value is -1.10. The van der Waals surface area contributed by atoms with Gasteiger partial charge in [-0.1, -0.05) is 82.1 Å². The summed E-state index contributed by atoms with van der Waals surface area (Å²) in [6.45, 7) is 29.6. The first-order chi connectivity index (χ1) is 18.3. The van der Waals surface area contributed by atoms with Crippen LogP contribution in [0.25, 0.3) is 0 Å². The van der Waals surface area contributed by atoms with Crippen molar-refractivity contribution >= 4 is 11.8 Å². The summed E-state index contributed by atoms with van der Waals surface area (Å²) < 4.78 is 0. The van der Waals surface area contributed by atoms with E-state index in [2.05, 4.69) is 42.4 Å². The zero-order valence-electron chi connectivity index (χ0n) is 28.3. The van der Waals surface area contributed by atoms with Gasteiger partial charge in [0.1, 0.15) is 0 Å². The lowest BCUT2D eigenvalue weighted by molar-refractivity contribution is -0.155.